The van der Waals surface area contributed by atoms with E-state index in [2.05, 4.69) is 6.92 Å². The first kappa shape index (κ1) is 18.1. The van der Waals surface area contributed by atoms with Gasteiger partial charge in [-0.25, -0.2) is 8.42 Å². The molecule has 0 N–H and O–H groups in total. The first-order valence-corrected chi connectivity index (χ1v) is 11.2. The summed E-state index contributed by atoms with van der Waals surface area (Å²) in [5.41, 5.74) is 0. The second kappa shape index (κ2) is 8.02. The van der Waals surface area contributed by atoms with E-state index in [4.69, 9.17) is 0 Å². The molecule has 0 saturated carbocycles. The highest BCUT2D eigenvalue weighted by Crippen LogP contribution is 2.26. The second-order valence-corrected chi connectivity index (χ2v) is 9.76. The molecule has 0 bridgehead atoms. The molecule has 5 nitrogen and oxygen atoms in total. The molecule has 2 fully saturated rings. The SMILES string of the molecule is CCS[C@H]1CCCCN(C(=O)[C@H]2CCCCN2S(C)(=O)=O)C1. The Morgan fingerprint density at radius 2 is 1.82 bits per heavy atom. The number of hydrogen-bond acceptors (Lipinski definition) is 4. The molecule has 22 heavy (non-hydrogen) atoms. The molecule has 128 valence electrons. The van der Waals surface area contributed by atoms with Gasteiger partial charge in [0.2, 0.25) is 15.9 Å². The average Bonchev–Trinajstić information content (AvgIpc) is 2.72. The summed E-state index contributed by atoms with van der Waals surface area (Å²) in [6.07, 6.45) is 7.00. The minimum atomic E-state index is -3.31. The topological polar surface area (TPSA) is 57.7 Å². The van der Waals surface area contributed by atoms with Gasteiger partial charge in [0, 0.05) is 24.9 Å². The number of piperidine rings is 1. The van der Waals surface area contributed by atoms with Crippen LogP contribution >= 0.6 is 11.8 Å². The van der Waals surface area contributed by atoms with Crippen molar-refractivity contribution in [2.24, 2.45) is 0 Å². The summed E-state index contributed by atoms with van der Waals surface area (Å²) in [4.78, 5) is 14.8. The molecule has 0 aromatic heterocycles. The van der Waals surface area contributed by atoms with Crippen molar-refractivity contribution in [1.82, 2.24) is 9.21 Å². The number of rotatable bonds is 4. The molecule has 2 rings (SSSR count). The Balaban J connectivity index is 2.10. The summed E-state index contributed by atoms with van der Waals surface area (Å²) in [6, 6.07) is -0.478. The number of likely N-dealkylation sites (tertiary alicyclic amines) is 1. The van der Waals surface area contributed by atoms with Crippen LogP contribution in [0.1, 0.15) is 45.4 Å². The Bertz CT molecular complexity index is 481. The first-order valence-electron chi connectivity index (χ1n) is 8.30. The zero-order chi connectivity index (χ0) is 16.2. The van der Waals surface area contributed by atoms with Crippen molar-refractivity contribution in [3.05, 3.63) is 0 Å². The highest BCUT2D eigenvalue weighted by Gasteiger charge is 2.37. The zero-order valence-corrected chi connectivity index (χ0v) is 15.3. The van der Waals surface area contributed by atoms with Gasteiger partial charge in [-0.1, -0.05) is 19.8 Å². The second-order valence-electron chi connectivity index (χ2n) is 6.24. The van der Waals surface area contributed by atoms with Crippen LogP contribution in [0, 0.1) is 0 Å². The molecule has 2 aliphatic rings. The van der Waals surface area contributed by atoms with Gasteiger partial charge in [-0.3, -0.25) is 4.79 Å². The molecule has 2 atom stereocenters. The summed E-state index contributed by atoms with van der Waals surface area (Å²) >= 11 is 1.91. The van der Waals surface area contributed by atoms with E-state index in [1.54, 1.807) is 0 Å². The third-order valence-corrected chi connectivity index (χ3v) is 6.99. The minimum absolute atomic E-state index is 0.0220. The quantitative estimate of drug-likeness (QED) is 0.779. The van der Waals surface area contributed by atoms with Gasteiger partial charge < -0.3 is 4.90 Å². The van der Waals surface area contributed by atoms with Crippen LogP contribution in [0.15, 0.2) is 0 Å². The van der Waals surface area contributed by atoms with E-state index < -0.39 is 16.1 Å². The maximum atomic E-state index is 12.9. The molecule has 0 aromatic carbocycles. The van der Waals surface area contributed by atoms with Crippen molar-refractivity contribution in [3.63, 3.8) is 0 Å². The number of carbonyl (C=O) groups is 1. The summed E-state index contributed by atoms with van der Waals surface area (Å²) in [5, 5.41) is 0.492. The van der Waals surface area contributed by atoms with Crippen molar-refractivity contribution in [2.45, 2.75) is 56.7 Å². The van der Waals surface area contributed by atoms with Crippen molar-refractivity contribution >= 4 is 27.7 Å². The van der Waals surface area contributed by atoms with E-state index in [1.807, 2.05) is 16.7 Å². The van der Waals surface area contributed by atoms with Crippen molar-refractivity contribution in [3.8, 4) is 0 Å². The first-order chi connectivity index (χ1) is 10.4. The van der Waals surface area contributed by atoms with E-state index in [-0.39, 0.29) is 5.91 Å². The van der Waals surface area contributed by atoms with Gasteiger partial charge in [-0.2, -0.15) is 16.1 Å². The van der Waals surface area contributed by atoms with Gasteiger partial charge in [-0.05, 0) is 31.4 Å². The van der Waals surface area contributed by atoms with Crippen LogP contribution in [0.4, 0.5) is 0 Å². The number of sulfonamides is 1. The average molecular weight is 349 g/mol. The predicted octanol–water partition coefficient (Wildman–Crippen LogP) is 1.93. The molecule has 0 radical (unpaired) electrons. The van der Waals surface area contributed by atoms with Crippen molar-refractivity contribution in [1.29, 1.82) is 0 Å². The van der Waals surface area contributed by atoms with Crippen molar-refractivity contribution in [2.75, 3.05) is 31.6 Å². The van der Waals surface area contributed by atoms with E-state index in [1.165, 1.54) is 10.6 Å². The Labute approximate surface area is 138 Å². The van der Waals surface area contributed by atoms with Gasteiger partial charge >= 0.3 is 0 Å². The van der Waals surface area contributed by atoms with Crippen LogP contribution in [0.3, 0.4) is 0 Å². The molecule has 7 heteroatoms. The molecule has 2 aliphatic heterocycles. The van der Waals surface area contributed by atoms with Gasteiger partial charge in [0.25, 0.3) is 0 Å². The number of thioether (sulfide) groups is 1. The maximum absolute atomic E-state index is 12.9. The van der Waals surface area contributed by atoms with Crippen LogP contribution in [-0.4, -0.2) is 66.5 Å². The molecule has 0 spiro atoms. The summed E-state index contributed by atoms with van der Waals surface area (Å²) in [6.45, 7) is 4.17. The normalized spacial score (nSPS) is 28.4. The standard InChI is InChI=1S/C15H28N2O3S2/c1-3-21-13-8-4-6-10-16(12-13)15(18)14-9-5-7-11-17(14)22(2,19)20/h13-14H,3-12H2,1-2H3/t13-,14+/m0/s1. The molecule has 2 saturated heterocycles. The molecular formula is C15H28N2O3S2. The number of carbonyl (C=O) groups excluding carboxylic acids is 1. The molecule has 0 unspecified atom stereocenters. The Morgan fingerprint density at radius 3 is 2.50 bits per heavy atom. The smallest absolute Gasteiger partial charge is 0.241 e. The molecule has 0 aliphatic carbocycles. The van der Waals surface area contributed by atoms with E-state index in [0.717, 1.165) is 50.9 Å². The van der Waals surface area contributed by atoms with Gasteiger partial charge in [0.05, 0.1) is 6.26 Å². The highest BCUT2D eigenvalue weighted by molar-refractivity contribution is 7.99. The number of nitrogens with zero attached hydrogens (tertiary/aromatic N) is 2. The molecule has 2 heterocycles. The summed E-state index contributed by atoms with van der Waals surface area (Å²) < 4.78 is 25.4. The largest absolute Gasteiger partial charge is 0.340 e. The van der Waals surface area contributed by atoms with Gasteiger partial charge in [0.15, 0.2) is 0 Å². The van der Waals surface area contributed by atoms with Crippen LogP contribution in [0.25, 0.3) is 0 Å². The maximum Gasteiger partial charge on any atom is 0.241 e. The third-order valence-electron chi connectivity index (χ3n) is 4.51. The number of amides is 1. The third kappa shape index (κ3) is 4.61. The van der Waals surface area contributed by atoms with Crippen LogP contribution in [-0.2, 0) is 14.8 Å². The van der Waals surface area contributed by atoms with Crippen LogP contribution < -0.4 is 0 Å². The highest BCUT2D eigenvalue weighted by atomic mass is 32.2. The van der Waals surface area contributed by atoms with E-state index in [0.29, 0.717) is 18.2 Å². The lowest BCUT2D eigenvalue weighted by atomic mass is 10.0. The van der Waals surface area contributed by atoms with Crippen molar-refractivity contribution < 1.29 is 13.2 Å². The Hall–Kier alpha value is -0.270. The molecular weight excluding hydrogens is 320 g/mol. The van der Waals surface area contributed by atoms with Crippen LogP contribution in [0.2, 0.25) is 0 Å². The lowest BCUT2D eigenvalue weighted by Crippen LogP contribution is -2.53. The number of hydrogen-bond donors (Lipinski definition) is 0. The monoisotopic (exact) mass is 348 g/mol. The molecule has 0 aromatic rings. The van der Waals surface area contributed by atoms with Gasteiger partial charge in [-0.15, -0.1) is 0 Å². The van der Waals surface area contributed by atoms with E-state index >= 15 is 0 Å². The Kier molecular flexibility index (Phi) is 6.58. The Morgan fingerprint density at radius 1 is 1.14 bits per heavy atom. The lowest BCUT2D eigenvalue weighted by molar-refractivity contribution is -0.136. The lowest BCUT2D eigenvalue weighted by Gasteiger charge is -2.36. The fourth-order valence-corrected chi connectivity index (χ4v) is 5.64. The summed E-state index contributed by atoms with van der Waals surface area (Å²) in [5.74, 6) is 1.08. The minimum Gasteiger partial charge on any atom is -0.340 e. The van der Waals surface area contributed by atoms with E-state index in [9.17, 15) is 13.2 Å². The summed E-state index contributed by atoms with van der Waals surface area (Å²) in [7, 11) is -3.31. The predicted molar refractivity (Wildman–Crippen MR) is 91.5 cm³/mol. The zero-order valence-electron chi connectivity index (χ0n) is 13.7. The van der Waals surface area contributed by atoms with Crippen LogP contribution in [0.5, 0.6) is 0 Å². The fraction of sp³-hybridized carbons (Fsp3) is 0.933. The fourth-order valence-electron chi connectivity index (χ4n) is 3.43. The molecule has 1 amide bonds. The van der Waals surface area contributed by atoms with Gasteiger partial charge in [0.1, 0.15) is 6.04 Å².